The van der Waals surface area contributed by atoms with Gasteiger partial charge in [-0.05, 0) is 44.4 Å². The molecular weight excluding hydrogens is 314 g/mol. The first-order valence-corrected chi connectivity index (χ1v) is 8.47. The van der Waals surface area contributed by atoms with E-state index in [1.54, 1.807) is 0 Å². The molecule has 1 aliphatic heterocycles. The summed E-state index contributed by atoms with van der Waals surface area (Å²) < 4.78 is 2.05. The van der Waals surface area contributed by atoms with Crippen molar-refractivity contribution in [1.82, 2.24) is 24.8 Å². The van der Waals surface area contributed by atoms with Crippen LogP contribution in [-0.4, -0.2) is 37.9 Å². The van der Waals surface area contributed by atoms with E-state index >= 15 is 0 Å². The monoisotopic (exact) mass is 333 g/mol. The molecule has 1 atom stereocenters. The summed E-state index contributed by atoms with van der Waals surface area (Å²) in [6, 6.07) is 8.21. The highest BCUT2D eigenvalue weighted by molar-refractivity contribution is 5.58. The SMILES string of the molecule is Cc1nnc(N2CCCC(c3nnc4ccccn34)C2)c(C#N)c1C. The molecule has 0 N–H and O–H groups in total. The molecule has 0 radical (unpaired) electrons. The maximum Gasteiger partial charge on any atom is 0.169 e. The fraction of sp³-hybridized carbons (Fsp3) is 0.389. The Morgan fingerprint density at radius 3 is 2.88 bits per heavy atom. The van der Waals surface area contributed by atoms with Crippen molar-refractivity contribution in [3.8, 4) is 6.07 Å². The van der Waals surface area contributed by atoms with Gasteiger partial charge in [0.2, 0.25) is 0 Å². The maximum absolute atomic E-state index is 9.57. The second kappa shape index (κ2) is 6.13. The Bertz CT molecular complexity index is 969. The smallest absolute Gasteiger partial charge is 0.169 e. The van der Waals surface area contributed by atoms with Crippen molar-refractivity contribution in [2.24, 2.45) is 0 Å². The van der Waals surface area contributed by atoms with Crippen molar-refractivity contribution in [3.05, 3.63) is 47.0 Å². The van der Waals surface area contributed by atoms with E-state index in [9.17, 15) is 5.26 Å². The third-order valence-corrected chi connectivity index (χ3v) is 4.97. The molecule has 4 heterocycles. The molecule has 1 unspecified atom stereocenters. The van der Waals surface area contributed by atoms with Gasteiger partial charge in [-0.2, -0.15) is 10.4 Å². The Morgan fingerprint density at radius 2 is 2.04 bits per heavy atom. The molecule has 126 valence electrons. The number of hydrogen-bond donors (Lipinski definition) is 0. The second-order valence-corrected chi connectivity index (χ2v) is 6.49. The summed E-state index contributed by atoms with van der Waals surface area (Å²) >= 11 is 0. The van der Waals surface area contributed by atoms with E-state index in [0.29, 0.717) is 11.4 Å². The van der Waals surface area contributed by atoms with Gasteiger partial charge in [-0.15, -0.1) is 15.3 Å². The van der Waals surface area contributed by atoms with Crippen LogP contribution >= 0.6 is 0 Å². The topological polar surface area (TPSA) is 83.0 Å². The van der Waals surface area contributed by atoms with Crippen molar-refractivity contribution in [2.75, 3.05) is 18.0 Å². The highest BCUT2D eigenvalue weighted by atomic mass is 15.3. The van der Waals surface area contributed by atoms with Gasteiger partial charge in [0.1, 0.15) is 17.5 Å². The third kappa shape index (κ3) is 2.60. The molecule has 7 heteroatoms. The minimum atomic E-state index is 0.251. The molecule has 0 aromatic carbocycles. The van der Waals surface area contributed by atoms with E-state index in [0.717, 1.165) is 48.7 Å². The number of nitrogens with zero attached hydrogens (tertiary/aromatic N) is 7. The molecule has 3 aromatic rings. The van der Waals surface area contributed by atoms with Crippen molar-refractivity contribution in [2.45, 2.75) is 32.6 Å². The van der Waals surface area contributed by atoms with Crippen LogP contribution in [0.25, 0.3) is 5.65 Å². The molecule has 0 bridgehead atoms. The first-order valence-electron chi connectivity index (χ1n) is 8.47. The lowest BCUT2D eigenvalue weighted by Gasteiger charge is -2.33. The van der Waals surface area contributed by atoms with E-state index in [1.165, 1.54) is 0 Å². The molecule has 1 aliphatic rings. The van der Waals surface area contributed by atoms with Crippen LogP contribution in [0.15, 0.2) is 24.4 Å². The standard InChI is InChI=1S/C18H19N7/c1-12-13(2)20-23-18(15(12)10-19)24-8-5-6-14(11-24)17-22-21-16-7-3-4-9-25(16)17/h3-4,7,9,14H,5-6,8,11H2,1-2H3. The third-order valence-electron chi connectivity index (χ3n) is 4.97. The van der Waals surface area contributed by atoms with Gasteiger partial charge in [0.25, 0.3) is 0 Å². The van der Waals surface area contributed by atoms with Crippen molar-refractivity contribution in [1.29, 1.82) is 5.26 Å². The Balaban J connectivity index is 1.68. The Morgan fingerprint density at radius 1 is 1.16 bits per heavy atom. The molecular formula is C18H19N7. The molecule has 1 saturated heterocycles. The molecule has 7 nitrogen and oxygen atoms in total. The van der Waals surface area contributed by atoms with E-state index < -0.39 is 0 Å². The Labute approximate surface area is 145 Å². The predicted molar refractivity (Wildman–Crippen MR) is 93.4 cm³/mol. The summed E-state index contributed by atoms with van der Waals surface area (Å²) in [5, 5.41) is 26.8. The van der Waals surface area contributed by atoms with Crippen LogP contribution in [0.1, 0.15) is 41.4 Å². The minimum Gasteiger partial charge on any atom is -0.353 e. The predicted octanol–water partition coefficient (Wildman–Crippen LogP) is 2.39. The van der Waals surface area contributed by atoms with Gasteiger partial charge >= 0.3 is 0 Å². The fourth-order valence-electron chi connectivity index (χ4n) is 3.47. The molecule has 1 fully saturated rings. The zero-order valence-corrected chi connectivity index (χ0v) is 14.3. The Kier molecular flexibility index (Phi) is 3.80. The number of rotatable bonds is 2. The van der Waals surface area contributed by atoms with E-state index in [-0.39, 0.29) is 5.92 Å². The number of aromatic nitrogens is 5. The zero-order valence-electron chi connectivity index (χ0n) is 14.3. The molecule has 0 saturated carbocycles. The Hall–Kier alpha value is -3.01. The highest BCUT2D eigenvalue weighted by Gasteiger charge is 2.28. The van der Waals surface area contributed by atoms with E-state index in [1.807, 2.05) is 42.6 Å². The average molecular weight is 333 g/mol. The largest absolute Gasteiger partial charge is 0.353 e. The number of nitriles is 1. The summed E-state index contributed by atoms with van der Waals surface area (Å²) in [4.78, 5) is 2.16. The van der Waals surface area contributed by atoms with Crippen molar-refractivity contribution in [3.63, 3.8) is 0 Å². The molecule has 4 rings (SSSR count). The lowest BCUT2D eigenvalue weighted by molar-refractivity contribution is 0.484. The second-order valence-electron chi connectivity index (χ2n) is 6.49. The summed E-state index contributed by atoms with van der Waals surface area (Å²) in [5.41, 5.74) is 3.19. The number of aryl methyl sites for hydroxylation is 1. The van der Waals surface area contributed by atoms with Gasteiger partial charge in [-0.1, -0.05) is 6.07 Å². The molecule has 25 heavy (non-hydrogen) atoms. The summed E-state index contributed by atoms with van der Waals surface area (Å²) in [5.74, 6) is 1.90. The fourth-order valence-corrected chi connectivity index (χ4v) is 3.47. The van der Waals surface area contributed by atoms with Crippen LogP contribution in [-0.2, 0) is 0 Å². The van der Waals surface area contributed by atoms with Crippen LogP contribution < -0.4 is 4.90 Å². The number of fused-ring (bicyclic) bond motifs is 1. The summed E-state index contributed by atoms with van der Waals surface area (Å²) in [6.07, 6.45) is 4.07. The summed E-state index contributed by atoms with van der Waals surface area (Å²) in [7, 11) is 0. The lowest BCUT2D eigenvalue weighted by atomic mass is 9.96. The molecule has 3 aromatic heterocycles. The quantitative estimate of drug-likeness (QED) is 0.716. The average Bonchev–Trinajstić information content (AvgIpc) is 3.08. The number of anilines is 1. The van der Waals surface area contributed by atoms with Gasteiger partial charge in [-0.25, -0.2) is 0 Å². The van der Waals surface area contributed by atoms with Crippen LogP contribution in [0.2, 0.25) is 0 Å². The highest BCUT2D eigenvalue weighted by Crippen LogP contribution is 2.30. The zero-order chi connectivity index (χ0) is 17.4. The number of hydrogen-bond acceptors (Lipinski definition) is 6. The first-order chi connectivity index (χ1) is 12.2. The van der Waals surface area contributed by atoms with Gasteiger partial charge in [0.05, 0.1) is 5.69 Å². The van der Waals surface area contributed by atoms with Gasteiger partial charge in [0.15, 0.2) is 11.5 Å². The molecule has 0 amide bonds. The van der Waals surface area contributed by atoms with E-state index in [2.05, 4.69) is 31.4 Å². The maximum atomic E-state index is 9.57. The van der Waals surface area contributed by atoms with Gasteiger partial charge in [0, 0.05) is 25.2 Å². The number of pyridine rings is 1. The van der Waals surface area contributed by atoms with Crippen LogP contribution in [0.4, 0.5) is 5.82 Å². The summed E-state index contributed by atoms with van der Waals surface area (Å²) in [6.45, 7) is 5.45. The minimum absolute atomic E-state index is 0.251. The van der Waals surface area contributed by atoms with E-state index in [4.69, 9.17) is 0 Å². The normalized spacial score (nSPS) is 17.6. The first kappa shape index (κ1) is 15.5. The molecule has 0 spiro atoms. The van der Waals surface area contributed by atoms with Crippen LogP contribution in [0.5, 0.6) is 0 Å². The lowest BCUT2D eigenvalue weighted by Crippen LogP contribution is -2.36. The van der Waals surface area contributed by atoms with Gasteiger partial charge in [-0.3, -0.25) is 4.40 Å². The van der Waals surface area contributed by atoms with Crippen molar-refractivity contribution < 1.29 is 0 Å². The number of piperidine rings is 1. The van der Waals surface area contributed by atoms with Crippen molar-refractivity contribution >= 4 is 11.5 Å². The van der Waals surface area contributed by atoms with Crippen LogP contribution in [0.3, 0.4) is 0 Å². The van der Waals surface area contributed by atoms with Gasteiger partial charge < -0.3 is 4.90 Å². The van der Waals surface area contributed by atoms with Crippen LogP contribution in [0, 0.1) is 25.2 Å². The molecule has 0 aliphatic carbocycles.